The Kier molecular flexibility index (Phi) is 10.5. The molecule has 1 N–H and O–H groups in total. The van der Waals surface area contributed by atoms with Gasteiger partial charge in [-0.25, -0.2) is 0 Å². The zero-order valence-corrected chi connectivity index (χ0v) is 8.45. The molecule has 1 nitrogen and oxygen atoms in total. The van der Waals surface area contributed by atoms with Crippen LogP contribution >= 0.6 is 0 Å². The molecule has 0 aromatic carbocycles. The van der Waals surface area contributed by atoms with Crippen LogP contribution in [0.2, 0.25) is 0 Å². The van der Waals surface area contributed by atoms with Gasteiger partial charge in [0.2, 0.25) is 0 Å². The number of allylic oxidation sites excluding steroid dienone is 5. The average Bonchev–Trinajstić information content (AvgIpc) is 2.16. The molecule has 1 heteroatoms. The van der Waals surface area contributed by atoms with E-state index in [1.165, 1.54) is 6.42 Å². The van der Waals surface area contributed by atoms with Crippen molar-refractivity contribution in [1.29, 1.82) is 0 Å². The highest BCUT2D eigenvalue weighted by molar-refractivity contribution is 5.04. The van der Waals surface area contributed by atoms with Crippen LogP contribution in [-0.2, 0) is 0 Å². The first-order valence-corrected chi connectivity index (χ1v) is 4.99. The van der Waals surface area contributed by atoms with Crippen molar-refractivity contribution in [2.24, 2.45) is 0 Å². The molecule has 0 unspecified atom stereocenters. The van der Waals surface area contributed by atoms with E-state index in [-0.39, 0.29) is 6.61 Å². The molecule has 0 amide bonds. The molecule has 0 fully saturated rings. The van der Waals surface area contributed by atoms with Crippen LogP contribution in [0.25, 0.3) is 0 Å². The third-order valence-electron chi connectivity index (χ3n) is 1.57. The Morgan fingerprint density at radius 3 is 2.38 bits per heavy atom. The molecule has 0 spiro atoms. The van der Waals surface area contributed by atoms with Crippen molar-refractivity contribution >= 4 is 0 Å². The molecule has 0 rings (SSSR count). The summed E-state index contributed by atoms with van der Waals surface area (Å²) in [6, 6.07) is 0. The topological polar surface area (TPSA) is 20.2 Å². The van der Waals surface area contributed by atoms with E-state index in [1.54, 1.807) is 0 Å². The maximum Gasteiger partial charge on any atom is 0.0465 e. The molecule has 0 aliphatic carbocycles. The van der Waals surface area contributed by atoms with Crippen molar-refractivity contribution in [3.05, 3.63) is 36.5 Å². The van der Waals surface area contributed by atoms with E-state index in [1.807, 2.05) is 6.08 Å². The van der Waals surface area contributed by atoms with E-state index in [0.29, 0.717) is 0 Å². The Hall–Kier alpha value is -0.820. The summed E-state index contributed by atoms with van der Waals surface area (Å²) in [5.74, 6) is 0. The number of rotatable bonds is 7. The summed E-state index contributed by atoms with van der Waals surface area (Å²) in [6.07, 6.45) is 16.6. The highest BCUT2D eigenvalue weighted by Crippen LogP contribution is 1.91. The van der Waals surface area contributed by atoms with Crippen molar-refractivity contribution in [1.82, 2.24) is 0 Å². The van der Waals surface area contributed by atoms with Gasteiger partial charge >= 0.3 is 0 Å². The molecule has 74 valence electrons. The maximum absolute atomic E-state index is 8.49. The number of hydrogen-bond acceptors (Lipinski definition) is 1. The summed E-state index contributed by atoms with van der Waals surface area (Å²) < 4.78 is 0. The summed E-state index contributed by atoms with van der Waals surface area (Å²) in [5, 5.41) is 8.49. The van der Waals surface area contributed by atoms with Crippen molar-refractivity contribution < 1.29 is 5.11 Å². The molecule has 0 aliphatic heterocycles. The SMILES string of the molecule is CCC/C=C\C=C\C/C=C\CCO. The first-order chi connectivity index (χ1) is 6.41. The summed E-state index contributed by atoms with van der Waals surface area (Å²) >= 11 is 0. The molecule has 0 heterocycles. The van der Waals surface area contributed by atoms with Gasteiger partial charge in [-0.15, -0.1) is 0 Å². The van der Waals surface area contributed by atoms with Crippen LogP contribution in [0.1, 0.15) is 32.6 Å². The van der Waals surface area contributed by atoms with E-state index in [0.717, 1.165) is 19.3 Å². The fourth-order valence-electron chi connectivity index (χ4n) is 0.866. The molecule has 0 saturated heterocycles. The Morgan fingerprint density at radius 2 is 1.69 bits per heavy atom. The Balaban J connectivity index is 3.30. The van der Waals surface area contributed by atoms with Crippen LogP contribution in [0.3, 0.4) is 0 Å². The van der Waals surface area contributed by atoms with Gasteiger partial charge in [-0.2, -0.15) is 0 Å². The molecular formula is C12H20O. The molecule has 0 radical (unpaired) electrons. The molecule has 0 aliphatic rings. The number of aliphatic hydroxyl groups is 1. The van der Waals surface area contributed by atoms with Gasteiger partial charge in [0.15, 0.2) is 0 Å². The minimum Gasteiger partial charge on any atom is -0.396 e. The highest BCUT2D eigenvalue weighted by atomic mass is 16.2. The van der Waals surface area contributed by atoms with Crippen LogP contribution in [0, 0.1) is 0 Å². The molecule has 0 aromatic rings. The van der Waals surface area contributed by atoms with E-state index in [4.69, 9.17) is 5.11 Å². The Bertz CT molecular complexity index is 166. The van der Waals surface area contributed by atoms with Gasteiger partial charge in [0.05, 0.1) is 0 Å². The summed E-state index contributed by atoms with van der Waals surface area (Å²) in [6.45, 7) is 2.42. The van der Waals surface area contributed by atoms with Gasteiger partial charge in [-0.1, -0.05) is 49.8 Å². The summed E-state index contributed by atoms with van der Waals surface area (Å²) in [7, 11) is 0. The fraction of sp³-hybridized carbons (Fsp3) is 0.500. The monoisotopic (exact) mass is 180 g/mol. The zero-order chi connectivity index (χ0) is 9.78. The first kappa shape index (κ1) is 12.2. The number of hydrogen-bond donors (Lipinski definition) is 1. The second-order valence-electron chi connectivity index (χ2n) is 2.86. The standard InChI is InChI=1S/C12H20O/c1-2-3-4-5-6-7-8-9-10-11-12-13/h4-7,9-10,13H,2-3,8,11-12H2,1H3/b5-4-,7-6+,10-9-. The van der Waals surface area contributed by atoms with Crippen molar-refractivity contribution in [3.63, 3.8) is 0 Å². The van der Waals surface area contributed by atoms with Crippen molar-refractivity contribution in [2.75, 3.05) is 6.61 Å². The maximum atomic E-state index is 8.49. The zero-order valence-electron chi connectivity index (χ0n) is 8.45. The molecular weight excluding hydrogens is 160 g/mol. The van der Waals surface area contributed by atoms with Crippen LogP contribution in [-0.4, -0.2) is 11.7 Å². The van der Waals surface area contributed by atoms with Crippen LogP contribution in [0.4, 0.5) is 0 Å². The van der Waals surface area contributed by atoms with Crippen LogP contribution in [0.15, 0.2) is 36.5 Å². The minimum atomic E-state index is 0.247. The highest BCUT2D eigenvalue weighted by Gasteiger charge is 1.73. The van der Waals surface area contributed by atoms with Gasteiger partial charge < -0.3 is 5.11 Å². The van der Waals surface area contributed by atoms with Gasteiger partial charge in [0, 0.05) is 6.61 Å². The van der Waals surface area contributed by atoms with Gasteiger partial charge in [0.1, 0.15) is 0 Å². The van der Waals surface area contributed by atoms with Gasteiger partial charge in [-0.05, 0) is 19.3 Å². The predicted molar refractivity (Wildman–Crippen MR) is 58.6 cm³/mol. The summed E-state index contributed by atoms with van der Waals surface area (Å²) in [5.41, 5.74) is 0. The lowest BCUT2D eigenvalue weighted by atomic mass is 10.3. The Labute approximate surface area is 81.5 Å². The number of unbranched alkanes of at least 4 members (excludes halogenated alkanes) is 1. The molecule has 0 aromatic heterocycles. The quantitative estimate of drug-likeness (QED) is 0.471. The predicted octanol–water partition coefficient (Wildman–Crippen LogP) is 3.23. The number of aliphatic hydroxyl groups excluding tert-OH is 1. The second kappa shape index (κ2) is 11.2. The Morgan fingerprint density at radius 1 is 0.923 bits per heavy atom. The molecule has 0 atom stereocenters. The van der Waals surface area contributed by atoms with E-state index >= 15 is 0 Å². The van der Waals surface area contributed by atoms with Crippen molar-refractivity contribution in [2.45, 2.75) is 32.6 Å². The lowest BCUT2D eigenvalue weighted by Gasteiger charge is -1.83. The fourth-order valence-corrected chi connectivity index (χ4v) is 0.866. The minimum absolute atomic E-state index is 0.247. The third kappa shape index (κ3) is 11.2. The van der Waals surface area contributed by atoms with Crippen LogP contribution in [0.5, 0.6) is 0 Å². The van der Waals surface area contributed by atoms with E-state index < -0.39 is 0 Å². The average molecular weight is 180 g/mol. The van der Waals surface area contributed by atoms with Crippen LogP contribution < -0.4 is 0 Å². The second-order valence-corrected chi connectivity index (χ2v) is 2.86. The molecule has 13 heavy (non-hydrogen) atoms. The molecule has 0 saturated carbocycles. The van der Waals surface area contributed by atoms with E-state index in [9.17, 15) is 0 Å². The smallest absolute Gasteiger partial charge is 0.0465 e. The lowest BCUT2D eigenvalue weighted by molar-refractivity contribution is 0.302. The first-order valence-electron chi connectivity index (χ1n) is 4.99. The normalized spacial score (nSPS) is 12.5. The molecule has 0 bridgehead atoms. The summed E-state index contributed by atoms with van der Waals surface area (Å²) in [4.78, 5) is 0. The third-order valence-corrected chi connectivity index (χ3v) is 1.57. The largest absolute Gasteiger partial charge is 0.396 e. The lowest BCUT2D eigenvalue weighted by Crippen LogP contribution is -1.74. The van der Waals surface area contributed by atoms with Crippen molar-refractivity contribution in [3.8, 4) is 0 Å². The van der Waals surface area contributed by atoms with Gasteiger partial charge in [0.25, 0.3) is 0 Å². The van der Waals surface area contributed by atoms with E-state index in [2.05, 4.69) is 37.3 Å². The van der Waals surface area contributed by atoms with Gasteiger partial charge in [-0.3, -0.25) is 0 Å².